The Labute approximate surface area is 160 Å². The van der Waals surface area contributed by atoms with Crippen LogP contribution < -0.4 is 5.73 Å². The van der Waals surface area contributed by atoms with Gasteiger partial charge in [-0.2, -0.15) is 0 Å². The molecule has 136 valence electrons. The van der Waals surface area contributed by atoms with E-state index in [1.54, 1.807) is 0 Å². The second kappa shape index (κ2) is 6.65. The van der Waals surface area contributed by atoms with Crippen molar-refractivity contribution in [2.75, 3.05) is 5.75 Å². The molecule has 0 radical (unpaired) electrons. The van der Waals surface area contributed by atoms with Crippen molar-refractivity contribution in [2.24, 2.45) is 17.1 Å². The van der Waals surface area contributed by atoms with Crippen LogP contribution in [0.15, 0.2) is 41.7 Å². The SMILES string of the molecule is N[C@@H]1c2ccccc2CC12CCC(c1cnc(SCC3CC3)cn1)CC2. The minimum absolute atomic E-state index is 0.201. The standard InChI is InChI=1S/C22H27N3S/c23-21-18-4-2-1-3-17(18)11-22(21)9-7-16(8-10-22)19-12-25-20(13-24-19)26-14-15-5-6-15/h1-4,12-13,15-16,21H,5-11,14,23H2/t16?,21-,22?/m1/s1. The molecule has 1 aromatic heterocycles. The molecule has 5 rings (SSSR count). The van der Waals surface area contributed by atoms with E-state index in [0.717, 1.165) is 17.4 Å². The average molecular weight is 366 g/mol. The first kappa shape index (κ1) is 16.8. The quantitative estimate of drug-likeness (QED) is 0.785. The lowest BCUT2D eigenvalue weighted by Gasteiger charge is -2.40. The van der Waals surface area contributed by atoms with E-state index in [2.05, 4.69) is 29.2 Å². The molecule has 1 spiro atoms. The van der Waals surface area contributed by atoms with Crippen LogP contribution in [-0.2, 0) is 6.42 Å². The molecular weight excluding hydrogens is 338 g/mol. The zero-order chi connectivity index (χ0) is 17.6. The van der Waals surface area contributed by atoms with Gasteiger partial charge in [0.15, 0.2) is 0 Å². The molecule has 0 bridgehead atoms. The number of thioether (sulfide) groups is 1. The third kappa shape index (κ3) is 3.07. The summed E-state index contributed by atoms with van der Waals surface area (Å²) in [5.74, 6) is 2.68. The summed E-state index contributed by atoms with van der Waals surface area (Å²) < 4.78 is 0. The van der Waals surface area contributed by atoms with Crippen LogP contribution in [0.1, 0.15) is 67.3 Å². The summed E-state index contributed by atoms with van der Waals surface area (Å²) in [6.07, 6.45) is 12.7. The van der Waals surface area contributed by atoms with E-state index in [9.17, 15) is 0 Å². The topological polar surface area (TPSA) is 51.8 Å². The third-order valence-electron chi connectivity index (χ3n) is 6.80. The van der Waals surface area contributed by atoms with Crippen LogP contribution in [0.5, 0.6) is 0 Å². The number of nitrogens with zero attached hydrogens (tertiary/aromatic N) is 2. The maximum Gasteiger partial charge on any atom is 0.114 e. The molecule has 2 saturated carbocycles. The van der Waals surface area contributed by atoms with Gasteiger partial charge < -0.3 is 5.73 Å². The first-order chi connectivity index (χ1) is 12.7. The molecule has 2 fully saturated rings. The molecule has 2 aromatic rings. The highest BCUT2D eigenvalue weighted by molar-refractivity contribution is 7.99. The second-order valence-electron chi connectivity index (χ2n) is 8.52. The summed E-state index contributed by atoms with van der Waals surface area (Å²) in [5.41, 5.74) is 11.0. The van der Waals surface area contributed by atoms with E-state index in [1.165, 1.54) is 61.1 Å². The monoisotopic (exact) mass is 365 g/mol. The minimum Gasteiger partial charge on any atom is -0.323 e. The Kier molecular flexibility index (Phi) is 4.29. The van der Waals surface area contributed by atoms with E-state index in [-0.39, 0.29) is 11.5 Å². The Morgan fingerprint density at radius 3 is 2.54 bits per heavy atom. The summed E-state index contributed by atoms with van der Waals surface area (Å²) >= 11 is 1.86. The lowest BCUT2D eigenvalue weighted by Crippen LogP contribution is -2.35. The van der Waals surface area contributed by atoms with Crippen LogP contribution in [0.4, 0.5) is 0 Å². The zero-order valence-corrected chi connectivity index (χ0v) is 16.0. The van der Waals surface area contributed by atoms with E-state index < -0.39 is 0 Å². The normalized spacial score (nSPS) is 30.5. The molecule has 0 aliphatic heterocycles. The molecule has 1 heterocycles. The van der Waals surface area contributed by atoms with Crippen LogP contribution >= 0.6 is 11.8 Å². The van der Waals surface area contributed by atoms with Crippen LogP contribution in [0.25, 0.3) is 0 Å². The molecule has 1 aromatic carbocycles. The highest BCUT2D eigenvalue weighted by Gasteiger charge is 2.46. The molecule has 3 aliphatic carbocycles. The molecule has 26 heavy (non-hydrogen) atoms. The van der Waals surface area contributed by atoms with Crippen LogP contribution in [0, 0.1) is 11.3 Å². The highest BCUT2D eigenvalue weighted by Crippen LogP contribution is 2.55. The maximum absolute atomic E-state index is 6.69. The van der Waals surface area contributed by atoms with Gasteiger partial charge in [0.1, 0.15) is 5.03 Å². The third-order valence-corrected chi connectivity index (χ3v) is 7.95. The summed E-state index contributed by atoms with van der Waals surface area (Å²) in [6, 6.07) is 8.96. The van der Waals surface area contributed by atoms with Gasteiger partial charge in [-0.3, -0.25) is 4.98 Å². The van der Waals surface area contributed by atoms with Crippen molar-refractivity contribution in [1.29, 1.82) is 0 Å². The van der Waals surface area contributed by atoms with Gasteiger partial charge in [-0.25, -0.2) is 4.98 Å². The molecule has 0 unspecified atom stereocenters. The summed E-state index contributed by atoms with van der Waals surface area (Å²) in [6.45, 7) is 0. The fourth-order valence-corrected chi connectivity index (χ4v) is 5.89. The number of nitrogens with two attached hydrogens (primary N) is 1. The summed E-state index contributed by atoms with van der Waals surface area (Å²) in [7, 11) is 0. The van der Waals surface area contributed by atoms with Gasteiger partial charge in [0, 0.05) is 23.9 Å². The van der Waals surface area contributed by atoms with Gasteiger partial charge in [-0.05, 0) is 67.4 Å². The summed E-state index contributed by atoms with van der Waals surface area (Å²) in [4.78, 5) is 9.43. The molecule has 1 atom stereocenters. The van der Waals surface area contributed by atoms with Gasteiger partial charge in [0.05, 0.1) is 11.9 Å². The van der Waals surface area contributed by atoms with Gasteiger partial charge >= 0.3 is 0 Å². The Bertz CT molecular complexity index is 776. The molecule has 4 heteroatoms. The predicted molar refractivity (Wildman–Crippen MR) is 106 cm³/mol. The second-order valence-corrected chi connectivity index (χ2v) is 9.56. The first-order valence-corrected chi connectivity index (χ1v) is 11.0. The number of hydrogen-bond donors (Lipinski definition) is 1. The number of rotatable bonds is 4. The maximum atomic E-state index is 6.69. The smallest absolute Gasteiger partial charge is 0.114 e. The number of aromatic nitrogens is 2. The molecule has 2 N–H and O–H groups in total. The number of benzene rings is 1. The minimum atomic E-state index is 0.201. The fraction of sp³-hybridized carbons (Fsp3) is 0.545. The van der Waals surface area contributed by atoms with Crippen molar-refractivity contribution in [1.82, 2.24) is 9.97 Å². The van der Waals surface area contributed by atoms with Crippen LogP contribution in [0.3, 0.4) is 0 Å². The molecule has 3 nitrogen and oxygen atoms in total. The van der Waals surface area contributed by atoms with Crippen LogP contribution in [0.2, 0.25) is 0 Å². The van der Waals surface area contributed by atoms with E-state index in [1.807, 2.05) is 24.2 Å². The number of fused-ring (bicyclic) bond motifs is 1. The lowest BCUT2D eigenvalue weighted by molar-refractivity contribution is 0.148. The zero-order valence-electron chi connectivity index (χ0n) is 15.2. The molecular formula is C22H27N3S. The van der Waals surface area contributed by atoms with Crippen molar-refractivity contribution in [2.45, 2.75) is 61.9 Å². The first-order valence-electron chi connectivity index (χ1n) is 10.0. The average Bonchev–Trinajstić information content (AvgIpc) is 3.48. The molecule has 0 saturated heterocycles. The van der Waals surface area contributed by atoms with Crippen molar-refractivity contribution < 1.29 is 0 Å². The Balaban J connectivity index is 1.23. The van der Waals surface area contributed by atoms with Gasteiger partial charge in [-0.1, -0.05) is 24.3 Å². The lowest BCUT2D eigenvalue weighted by atomic mass is 9.66. The summed E-state index contributed by atoms with van der Waals surface area (Å²) in [5, 5.41) is 1.08. The Morgan fingerprint density at radius 1 is 1.04 bits per heavy atom. The molecule has 0 amide bonds. The van der Waals surface area contributed by atoms with Gasteiger partial charge in [0.2, 0.25) is 0 Å². The van der Waals surface area contributed by atoms with Crippen molar-refractivity contribution >= 4 is 11.8 Å². The Morgan fingerprint density at radius 2 is 1.85 bits per heavy atom. The molecule has 3 aliphatic rings. The largest absolute Gasteiger partial charge is 0.323 e. The van der Waals surface area contributed by atoms with Crippen molar-refractivity contribution in [3.05, 3.63) is 53.5 Å². The van der Waals surface area contributed by atoms with E-state index in [4.69, 9.17) is 10.7 Å². The van der Waals surface area contributed by atoms with Gasteiger partial charge in [0.25, 0.3) is 0 Å². The van der Waals surface area contributed by atoms with Crippen LogP contribution in [-0.4, -0.2) is 15.7 Å². The number of hydrogen-bond acceptors (Lipinski definition) is 4. The van der Waals surface area contributed by atoms with Crippen molar-refractivity contribution in [3.8, 4) is 0 Å². The van der Waals surface area contributed by atoms with Gasteiger partial charge in [-0.15, -0.1) is 11.8 Å². The van der Waals surface area contributed by atoms with Crippen molar-refractivity contribution in [3.63, 3.8) is 0 Å². The predicted octanol–water partition coefficient (Wildman–Crippen LogP) is 4.88. The van der Waals surface area contributed by atoms with E-state index in [0.29, 0.717) is 5.92 Å². The van der Waals surface area contributed by atoms with E-state index >= 15 is 0 Å². The highest BCUT2D eigenvalue weighted by atomic mass is 32.2. The Hall–Kier alpha value is -1.39. The fourth-order valence-electron chi connectivity index (χ4n) is 4.89.